The second-order valence-electron chi connectivity index (χ2n) is 6.59. The molecule has 1 heterocycles. The summed E-state index contributed by atoms with van der Waals surface area (Å²) in [6, 6.07) is 23.5. The van der Waals surface area contributed by atoms with E-state index in [1.54, 1.807) is 18.2 Å². The Morgan fingerprint density at radius 2 is 1.07 bits per heavy atom. The van der Waals surface area contributed by atoms with Crippen molar-refractivity contribution in [3.63, 3.8) is 0 Å². The molecule has 1 atom stereocenters. The molecule has 0 fully saturated rings. The van der Waals surface area contributed by atoms with Crippen molar-refractivity contribution in [1.82, 2.24) is 0 Å². The average Bonchev–Trinajstić information content (AvgIpc) is 2.70. The number of hydrogen-bond donors (Lipinski definition) is 0. The normalized spacial score (nSPS) is 15.5. The molecule has 7 heteroatoms. The van der Waals surface area contributed by atoms with Crippen LogP contribution in [-0.4, -0.2) is 25.9 Å². The maximum absolute atomic E-state index is 14.6. The fraction of sp³-hybridized carbons (Fsp3) is 0.143. The van der Waals surface area contributed by atoms with Gasteiger partial charge in [0, 0.05) is 0 Å². The van der Waals surface area contributed by atoms with Crippen molar-refractivity contribution in [1.29, 1.82) is 0 Å². The maximum Gasteiger partial charge on any atom is 0.341 e. The molecule has 3 aromatic carbocycles. The van der Waals surface area contributed by atoms with Gasteiger partial charge in [-0.05, 0) is 26.3 Å². The van der Waals surface area contributed by atoms with Crippen LogP contribution in [0.4, 0.5) is 22.0 Å². The Morgan fingerprint density at radius 3 is 1.46 bits per heavy atom. The number of halogens is 5. The molecule has 0 spiro atoms. The van der Waals surface area contributed by atoms with Gasteiger partial charge in [0.05, 0.1) is 0 Å². The summed E-state index contributed by atoms with van der Waals surface area (Å²) in [6.07, 6.45) is -7.09. The number of rotatable bonds is 5. The van der Waals surface area contributed by atoms with Crippen LogP contribution in [0.5, 0.6) is 0 Å². The summed E-state index contributed by atoms with van der Waals surface area (Å²) in [4.78, 5) is 0. The molecule has 4 rings (SSSR count). The Labute approximate surface area is 159 Å². The number of hydrogen-bond acceptors (Lipinski definition) is 0. The van der Waals surface area contributed by atoms with Crippen molar-refractivity contribution in [2.24, 2.45) is 0 Å². The Kier molecular flexibility index (Phi) is 5.16. The SMILES string of the molecule is FC(F)C(F)(F)C(F)c1c2cccc1[Si]2(c1ccccc1)c1ccccc1.O. The monoisotopic (exact) mass is 408 g/mol. The Hall–Kier alpha value is -2.51. The number of benzene rings is 3. The van der Waals surface area contributed by atoms with Crippen molar-refractivity contribution in [3.8, 4) is 0 Å². The first-order valence-electron chi connectivity index (χ1n) is 8.46. The summed E-state index contributed by atoms with van der Waals surface area (Å²) < 4.78 is 67.7. The van der Waals surface area contributed by atoms with E-state index >= 15 is 0 Å². The lowest BCUT2D eigenvalue weighted by Gasteiger charge is -2.46. The molecule has 0 saturated heterocycles. The minimum Gasteiger partial charge on any atom is -0.412 e. The molecule has 28 heavy (non-hydrogen) atoms. The molecule has 1 aliphatic rings. The molecule has 1 unspecified atom stereocenters. The Bertz CT molecular complexity index is 899. The van der Waals surface area contributed by atoms with Crippen LogP contribution in [0.2, 0.25) is 0 Å². The molecule has 0 radical (unpaired) electrons. The third kappa shape index (κ3) is 2.61. The van der Waals surface area contributed by atoms with Crippen LogP contribution in [0, 0.1) is 0 Å². The molecule has 146 valence electrons. The molecule has 3 aromatic rings. The largest absolute Gasteiger partial charge is 0.412 e. The van der Waals surface area contributed by atoms with Crippen LogP contribution in [0.15, 0.2) is 78.9 Å². The van der Waals surface area contributed by atoms with Crippen LogP contribution in [0.25, 0.3) is 0 Å². The van der Waals surface area contributed by atoms with Crippen molar-refractivity contribution in [3.05, 3.63) is 84.4 Å². The van der Waals surface area contributed by atoms with Gasteiger partial charge in [-0.3, -0.25) is 0 Å². The number of alkyl halides is 5. The van der Waals surface area contributed by atoms with E-state index in [1.165, 1.54) is 0 Å². The molecular weight excluding hydrogens is 391 g/mol. The van der Waals surface area contributed by atoms with Gasteiger partial charge in [0.2, 0.25) is 0 Å². The van der Waals surface area contributed by atoms with E-state index in [1.807, 2.05) is 60.7 Å². The summed E-state index contributed by atoms with van der Waals surface area (Å²) in [5, 5.41) is 2.70. The van der Waals surface area contributed by atoms with Crippen LogP contribution in [0.1, 0.15) is 11.7 Å². The van der Waals surface area contributed by atoms with E-state index in [0.717, 1.165) is 10.4 Å². The first-order valence-corrected chi connectivity index (χ1v) is 10.5. The highest BCUT2D eigenvalue weighted by Gasteiger charge is 2.59. The molecule has 0 saturated carbocycles. The molecule has 0 aromatic heterocycles. The standard InChI is InChI=1S/C21H15F5Si.H2O/c22-19(21(25,26)20(23)24)18-16-12-7-13-17(18)27(16,14-8-3-1-4-9-14)15-10-5-2-6-11-15;/h1-13,19-20H;1H2. The first kappa shape index (κ1) is 20.2. The van der Waals surface area contributed by atoms with Gasteiger partial charge in [0.25, 0.3) is 0 Å². The van der Waals surface area contributed by atoms with E-state index in [9.17, 15) is 22.0 Å². The highest BCUT2D eigenvalue weighted by Crippen LogP contribution is 2.41. The predicted octanol–water partition coefficient (Wildman–Crippen LogP) is 2.46. The first-order chi connectivity index (χ1) is 12.9. The maximum atomic E-state index is 14.6. The lowest BCUT2D eigenvalue weighted by Crippen LogP contribution is -2.83. The highest BCUT2D eigenvalue weighted by molar-refractivity contribution is 7.23. The molecule has 2 bridgehead atoms. The summed E-state index contributed by atoms with van der Waals surface area (Å²) in [7, 11) is -2.84. The molecule has 1 aliphatic heterocycles. The highest BCUT2D eigenvalue weighted by atomic mass is 28.3. The van der Waals surface area contributed by atoms with Crippen LogP contribution in [0.3, 0.4) is 0 Å². The van der Waals surface area contributed by atoms with E-state index < -0.39 is 26.6 Å². The van der Waals surface area contributed by atoms with Gasteiger partial charge in [-0.1, -0.05) is 78.9 Å². The van der Waals surface area contributed by atoms with Gasteiger partial charge < -0.3 is 5.48 Å². The van der Waals surface area contributed by atoms with Gasteiger partial charge in [-0.25, -0.2) is 13.2 Å². The van der Waals surface area contributed by atoms with Gasteiger partial charge in [-0.15, -0.1) is 0 Å². The smallest absolute Gasteiger partial charge is 0.341 e. The van der Waals surface area contributed by atoms with Crippen LogP contribution < -0.4 is 20.7 Å². The fourth-order valence-electron chi connectivity index (χ4n) is 4.04. The van der Waals surface area contributed by atoms with Gasteiger partial charge in [0.1, 0.15) is 0 Å². The molecule has 1 nitrogen and oxygen atoms in total. The average molecular weight is 408 g/mol. The van der Waals surface area contributed by atoms with Crippen LogP contribution >= 0.6 is 0 Å². The van der Waals surface area contributed by atoms with E-state index in [2.05, 4.69) is 0 Å². The fourth-order valence-corrected chi connectivity index (χ4v) is 9.13. The van der Waals surface area contributed by atoms with Crippen molar-refractivity contribution in [2.45, 2.75) is 18.5 Å². The number of fused-ring (bicyclic) bond motifs is 2. The molecule has 0 amide bonds. The summed E-state index contributed by atoms with van der Waals surface area (Å²) in [6.45, 7) is 0. The predicted molar refractivity (Wildman–Crippen MR) is 102 cm³/mol. The minimum absolute atomic E-state index is 0. The van der Waals surface area contributed by atoms with Crippen molar-refractivity contribution in [2.75, 3.05) is 0 Å². The van der Waals surface area contributed by atoms with Gasteiger partial charge in [-0.2, -0.15) is 8.78 Å². The third-order valence-corrected chi connectivity index (χ3v) is 10.1. The summed E-state index contributed by atoms with van der Waals surface area (Å²) in [5.74, 6) is -4.72. The second kappa shape index (κ2) is 7.14. The second-order valence-corrected chi connectivity index (χ2v) is 10.3. The van der Waals surface area contributed by atoms with E-state index in [-0.39, 0.29) is 11.0 Å². The lowest BCUT2D eigenvalue weighted by molar-refractivity contribution is -0.172. The zero-order valence-corrected chi connectivity index (χ0v) is 15.6. The quantitative estimate of drug-likeness (QED) is 0.359. The lowest BCUT2D eigenvalue weighted by atomic mass is 10.0. The molecule has 0 aliphatic carbocycles. The summed E-state index contributed by atoms with van der Waals surface area (Å²) >= 11 is 0. The Balaban J connectivity index is 0.00000225. The van der Waals surface area contributed by atoms with E-state index in [0.29, 0.717) is 10.4 Å². The molecule has 2 N–H and O–H groups in total. The zero-order chi connectivity index (χ0) is 19.2. The minimum atomic E-state index is -4.72. The molecular formula is C21H17F5OSi. The van der Waals surface area contributed by atoms with Gasteiger partial charge in [0.15, 0.2) is 14.2 Å². The topological polar surface area (TPSA) is 31.5 Å². The van der Waals surface area contributed by atoms with Gasteiger partial charge >= 0.3 is 12.3 Å². The van der Waals surface area contributed by atoms with Crippen molar-refractivity contribution < 1.29 is 27.4 Å². The van der Waals surface area contributed by atoms with Crippen LogP contribution in [-0.2, 0) is 0 Å². The Morgan fingerprint density at radius 1 is 0.643 bits per heavy atom. The van der Waals surface area contributed by atoms with E-state index in [4.69, 9.17) is 0 Å². The third-order valence-electron chi connectivity index (χ3n) is 5.21. The van der Waals surface area contributed by atoms with Crippen molar-refractivity contribution >= 4 is 28.8 Å². The zero-order valence-electron chi connectivity index (χ0n) is 14.6. The summed E-state index contributed by atoms with van der Waals surface area (Å²) in [5.41, 5.74) is -0.276.